The molecule has 1 heterocycles. The fraction of sp³-hybridized carbons (Fsp3) is 0.727. The van der Waals surface area contributed by atoms with Crippen LogP contribution >= 0.6 is 0 Å². The lowest BCUT2D eigenvalue weighted by Crippen LogP contribution is -2.48. The Morgan fingerprint density at radius 1 is 1.71 bits per heavy atom. The maximum absolute atomic E-state index is 11.0. The molecule has 14 heavy (non-hydrogen) atoms. The third kappa shape index (κ3) is 2.35. The maximum atomic E-state index is 11.0. The van der Waals surface area contributed by atoms with Gasteiger partial charge in [0, 0.05) is 12.0 Å². The van der Waals surface area contributed by atoms with Gasteiger partial charge in [-0.3, -0.25) is 0 Å². The third-order valence-electron chi connectivity index (χ3n) is 2.69. The number of hydrogen-bond acceptors (Lipinski definition) is 3. The van der Waals surface area contributed by atoms with Crippen LogP contribution in [0, 0.1) is 5.92 Å². The van der Waals surface area contributed by atoms with Crippen molar-refractivity contribution in [2.75, 3.05) is 6.61 Å². The summed E-state index contributed by atoms with van der Waals surface area (Å²) in [6.07, 6.45) is 3.05. The molecule has 1 rings (SSSR count). The first-order chi connectivity index (χ1) is 6.72. The summed E-state index contributed by atoms with van der Waals surface area (Å²) in [6, 6.07) is 0. The Kier molecular flexibility index (Phi) is 4.14. The van der Waals surface area contributed by atoms with E-state index in [4.69, 9.17) is 9.47 Å². The molecule has 1 fully saturated rings. The molecule has 0 aromatic rings. The number of esters is 1. The molecule has 0 aromatic carbocycles. The quantitative estimate of drug-likeness (QED) is 0.500. The first-order valence-electron chi connectivity index (χ1n) is 5.17. The molecular weight excluding hydrogens is 180 g/mol. The lowest BCUT2D eigenvalue weighted by atomic mass is 9.90. The lowest BCUT2D eigenvalue weighted by Gasteiger charge is -2.40. The molecule has 1 aliphatic rings. The van der Waals surface area contributed by atoms with Crippen molar-refractivity contribution < 1.29 is 14.3 Å². The predicted molar refractivity (Wildman–Crippen MR) is 53.9 cm³/mol. The van der Waals surface area contributed by atoms with Crippen molar-refractivity contribution >= 4 is 5.97 Å². The van der Waals surface area contributed by atoms with E-state index in [0.717, 1.165) is 19.4 Å². The van der Waals surface area contributed by atoms with E-state index in [9.17, 15) is 4.79 Å². The molecule has 0 amide bonds. The van der Waals surface area contributed by atoms with E-state index in [1.807, 2.05) is 6.92 Å². The van der Waals surface area contributed by atoms with Gasteiger partial charge in [0.1, 0.15) is 6.10 Å². The van der Waals surface area contributed by atoms with E-state index >= 15 is 0 Å². The second kappa shape index (κ2) is 5.15. The van der Waals surface area contributed by atoms with Gasteiger partial charge in [-0.05, 0) is 12.8 Å². The molecule has 0 bridgehead atoms. The molecule has 0 N–H and O–H groups in total. The number of hydrogen-bond donors (Lipinski definition) is 0. The molecule has 3 heteroatoms. The third-order valence-corrected chi connectivity index (χ3v) is 2.69. The van der Waals surface area contributed by atoms with E-state index in [-0.39, 0.29) is 18.2 Å². The zero-order valence-electron chi connectivity index (χ0n) is 8.86. The summed E-state index contributed by atoms with van der Waals surface area (Å²) in [5.41, 5.74) is 0. The molecule has 0 spiro atoms. The van der Waals surface area contributed by atoms with Gasteiger partial charge < -0.3 is 9.47 Å². The molecule has 3 nitrogen and oxygen atoms in total. The highest BCUT2D eigenvalue weighted by Gasteiger charge is 2.38. The van der Waals surface area contributed by atoms with Crippen LogP contribution < -0.4 is 0 Å². The van der Waals surface area contributed by atoms with Gasteiger partial charge in [0.15, 0.2) is 0 Å². The van der Waals surface area contributed by atoms with Gasteiger partial charge in [-0.15, -0.1) is 0 Å². The summed E-state index contributed by atoms with van der Waals surface area (Å²) in [4.78, 5) is 11.0. The van der Waals surface area contributed by atoms with E-state index in [2.05, 4.69) is 13.5 Å². The predicted octanol–water partition coefficient (Wildman–Crippen LogP) is 1.92. The number of carbonyl (C=O) groups excluding carboxylic acids is 1. The van der Waals surface area contributed by atoms with Crippen LogP contribution in [-0.4, -0.2) is 24.8 Å². The standard InChI is InChI=1S/C11H18O3/c1-4-8-7-13-11(8)9(5-2)14-10(12)6-3/h6,8-9,11H,3-5,7H2,1-2H3. The van der Waals surface area contributed by atoms with Crippen LogP contribution in [0.15, 0.2) is 12.7 Å². The second-order valence-electron chi connectivity index (χ2n) is 3.55. The summed E-state index contributed by atoms with van der Waals surface area (Å²) in [5, 5.41) is 0. The Labute approximate surface area is 85.1 Å². The minimum Gasteiger partial charge on any atom is -0.456 e. The van der Waals surface area contributed by atoms with Crippen molar-refractivity contribution in [3.63, 3.8) is 0 Å². The molecule has 0 aromatic heterocycles. The van der Waals surface area contributed by atoms with Crippen molar-refractivity contribution in [2.24, 2.45) is 5.92 Å². The van der Waals surface area contributed by atoms with E-state index < -0.39 is 0 Å². The molecule has 0 radical (unpaired) electrons. The van der Waals surface area contributed by atoms with Gasteiger partial charge in [0.05, 0.1) is 12.7 Å². The van der Waals surface area contributed by atoms with Crippen LogP contribution in [0.4, 0.5) is 0 Å². The van der Waals surface area contributed by atoms with E-state index in [1.165, 1.54) is 6.08 Å². The summed E-state index contributed by atoms with van der Waals surface area (Å²) < 4.78 is 10.6. The van der Waals surface area contributed by atoms with Crippen molar-refractivity contribution in [2.45, 2.75) is 38.9 Å². The van der Waals surface area contributed by atoms with Crippen LogP contribution in [0.3, 0.4) is 0 Å². The Bertz CT molecular complexity index is 211. The smallest absolute Gasteiger partial charge is 0.330 e. The van der Waals surface area contributed by atoms with Crippen LogP contribution in [0.2, 0.25) is 0 Å². The van der Waals surface area contributed by atoms with Gasteiger partial charge in [-0.25, -0.2) is 4.79 Å². The molecule has 0 aliphatic carbocycles. The Hall–Kier alpha value is -0.830. The van der Waals surface area contributed by atoms with Crippen molar-refractivity contribution in [3.8, 4) is 0 Å². The molecular formula is C11H18O3. The van der Waals surface area contributed by atoms with Gasteiger partial charge in [-0.1, -0.05) is 20.4 Å². The van der Waals surface area contributed by atoms with E-state index in [1.54, 1.807) is 0 Å². The van der Waals surface area contributed by atoms with Crippen molar-refractivity contribution in [3.05, 3.63) is 12.7 Å². The summed E-state index contributed by atoms with van der Waals surface area (Å²) in [6.45, 7) is 8.29. The Morgan fingerprint density at radius 2 is 2.43 bits per heavy atom. The molecule has 1 aliphatic heterocycles. The normalized spacial score (nSPS) is 27.6. The van der Waals surface area contributed by atoms with Crippen LogP contribution in [0.5, 0.6) is 0 Å². The summed E-state index contributed by atoms with van der Waals surface area (Å²) in [7, 11) is 0. The monoisotopic (exact) mass is 198 g/mol. The molecule has 1 saturated heterocycles. The molecule has 80 valence electrons. The SMILES string of the molecule is C=CC(=O)OC(CC)C1OCC1CC. The van der Waals surface area contributed by atoms with Gasteiger partial charge in [0.25, 0.3) is 0 Å². The lowest BCUT2D eigenvalue weighted by molar-refractivity contribution is -0.188. The number of ether oxygens (including phenoxy) is 2. The van der Waals surface area contributed by atoms with Gasteiger partial charge in [0.2, 0.25) is 0 Å². The topological polar surface area (TPSA) is 35.5 Å². The minimum atomic E-state index is -0.359. The average molecular weight is 198 g/mol. The first kappa shape index (κ1) is 11.2. The largest absolute Gasteiger partial charge is 0.456 e. The van der Waals surface area contributed by atoms with Crippen LogP contribution in [0.1, 0.15) is 26.7 Å². The highest BCUT2D eigenvalue weighted by molar-refractivity contribution is 5.81. The van der Waals surface area contributed by atoms with Crippen molar-refractivity contribution in [1.29, 1.82) is 0 Å². The number of rotatable bonds is 5. The van der Waals surface area contributed by atoms with Gasteiger partial charge >= 0.3 is 5.97 Å². The highest BCUT2D eigenvalue weighted by atomic mass is 16.6. The number of carbonyl (C=O) groups is 1. The minimum absolute atomic E-state index is 0.0916. The maximum Gasteiger partial charge on any atom is 0.330 e. The molecule has 3 unspecified atom stereocenters. The zero-order chi connectivity index (χ0) is 10.6. The fourth-order valence-electron chi connectivity index (χ4n) is 1.68. The molecule has 0 saturated carbocycles. The fourth-order valence-corrected chi connectivity index (χ4v) is 1.68. The van der Waals surface area contributed by atoms with Crippen LogP contribution in [-0.2, 0) is 14.3 Å². The first-order valence-corrected chi connectivity index (χ1v) is 5.17. The van der Waals surface area contributed by atoms with Crippen molar-refractivity contribution in [1.82, 2.24) is 0 Å². The molecule has 3 atom stereocenters. The Balaban J connectivity index is 2.45. The zero-order valence-corrected chi connectivity index (χ0v) is 8.86. The van der Waals surface area contributed by atoms with Crippen LogP contribution in [0.25, 0.3) is 0 Å². The van der Waals surface area contributed by atoms with Gasteiger partial charge in [-0.2, -0.15) is 0 Å². The summed E-state index contributed by atoms with van der Waals surface area (Å²) in [5.74, 6) is 0.180. The second-order valence-corrected chi connectivity index (χ2v) is 3.55. The Morgan fingerprint density at radius 3 is 2.79 bits per heavy atom. The summed E-state index contributed by atoms with van der Waals surface area (Å²) >= 11 is 0. The van der Waals surface area contributed by atoms with E-state index in [0.29, 0.717) is 5.92 Å². The highest BCUT2D eigenvalue weighted by Crippen LogP contribution is 2.29. The average Bonchev–Trinajstić information content (AvgIpc) is 2.15.